The molecule has 2 aliphatic rings. The molecule has 2 fully saturated rings. The van der Waals surface area contributed by atoms with Gasteiger partial charge in [-0.2, -0.15) is 0 Å². The van der Waals surface area contributed by atoms with Crippen LogP contribution in [0.25, 0.3) is 0 Å². The lowest BCUT2D eigenvalue weighted by atomic mass is 10.1. The van der Waals surface area contributed by atoms with Gasteiger partial charge >= 0.3 is 0 Å². The van der Waals surface area contributed by atoms with Crippen molar-refractivity contribution in [2.75, 3.05) is 39.3 Å². The van der Waals surface area contributed by atoms with Gasteiger partial charge in [-0.05, 0) is 24.9 Å². The monoisotopic (exact) mass is 331 g/mol. The number of amides is 1. The Morgan fingerprint density at radius 3 is 2.92 bits per heavy atom. The molecular formula is C19H29N3O2. The van der Waals surface area contributed by atoms with Crippen LogP contribution in [-0.2, 0) is 16.1 Å². The summed E-state index contributed by atoms with van der Waals surface area (Å²) in [6.45, 7) is 7.95. The minimum Gasteiger partial charge on any atom is -0.366 e. The third-order valence-electron chi connectivity index (χ3n) is 4.90. The van der Waals surface area contributed by atoms with Gasteiger partial charge in [0.1, 0.15) is 6.10 Å². The minimum absolute atomic E-state index is 0.170. The third kappa shape index (κ3) is 4.35. The molecule has 0 saturated carbocycles. The highest BCUT2D eigenvalue weighted by molar-refractivity contribution is 5.81. The highest BCUT2D eigenvalue weighted by Gasteiger charge is 2.34. The molecule has 1 N–H and O–H groups in total. The van der Waals surface area contributed by atoms with Gasteiger partial charge in [0.05, 0.1) is 6.61 Å². The summed E-state index contributed by atoms with van der Waals surface area (Å²) >= 11 is 0. The van der Waals surface area contributed by atoms with Crippen LogP contribution >= 0.6 is 0 Å². The van der Waals surface area contributed by atoms with Crippen molar-refractivity contribution in [2.24, 2.45) is 0 Å². The van der Waals surface area contributed by atoms with E-state index in [0.29, 0.717) is 19.2 Å². The van der Waals surface area contributed by atoms with Gasteiger partial charge in [0.25, 0.3) is 5.91 Å². The zero-order chi connectivity index (χ0) is 16.8. The van der Waals surface area contributed by atoms with Crippen LogP contribution in [0.1, 0.15) is 25.3 Å². The molecule has 132 valence electrons. The smallest absolute Gasteiger partial charge is 0.253 e. The van der Waals surface area contributed by atoms with Crippen molar-refractivity contribution in [1.82, 2.24) is 15.1 Å². The molecule has 0 aliphatic carbocycles. The molecule has 1 aromatic rings. The lowest BCUT2D eigenvalue weighted by molar-refractivity contribution is -0.151. The maximum Gasteiger partial charge on any atom is 0.253 e. The lowest BCUT2D eigenvalue weighted by Gasteiger charge is -2.37. The number of nitrogens with zero attached hydrogens (tertiary/aromatic N) is 2. The fourth-order valence-corrected chi connectivity index (χ4v) is 3.64. The van der Waals surface area contributed by atoms with Crippen molar-refractivity contribution in [2.45, 2.75) is 38.5 Å². The Kier molecular flexibility index (Phi) is 6.24. The second-order valence-electron chi connectivity index (χ2n) is 6.76. The van der Waals surface area contributed by atoms with Crippen molar-refractivity contribution in [3.8, 4) is 0 Å². The van der Waals surface area contributed by atoms with Crippen molar-refractivity contribution in [1.29, 1.82) is 0 Å². The van der Waals surface area contributed by atoms with Gasteiger partial charge < -0.3 is 15.0 Å². The summed E-state index contributed by atoms with van der Waals surface area (Å²) < 4.78 is 5.84. The highest BCUT2D eigenvalue weighted by atomic mass is 16.5. The molecular weight excluding hydrogens is 302 g/mol. The van der Waals surface area contributed by atoms with Gasteiger partial charge in [-0.15, -0.1) is 0 Å². The average molecular weight is 331 g/mol. The first-order chi connectivity index (χ1) is 11.8. The topological polar surface area (TPSA) is 44.8 Å². The molecule has 2 heterocycles. The molecule has 0 radical (unpaired) electrons. The number of carbonyl (C=O) groups excluding carboxylic acids is 1. The van der Waals surface area contributed by atoms with Crippen LogP contribution in [0.3, 0.4) is 0 Å². The van der Waals surface area contributed by atoms with Crippen LogP contribution < -0.4 is 5.32 Å². The number of ether oxygens (including phenoxy) is 1. The predicted octanol–water partition coefficient (Wildman–Crippen LogP) is 1.49. The second-order valence-corrected chi connectivity index (χ2v) is 6.76. The molecule has 2 unspecified atom stereocenters. The number of morpholine rings is 1. The van der Waals surface area contributed by atoms with Crippen LogP contribution in [0.4, 0.5) is 0 Å². The first-order valence-electron chi connectivity index (χ1n) is 9.17. The van der Waals surface area contributed by atoms with E-state index in [1.807, 2.05) is 6.07 Å². The van der Waals surface area contributed by atoms with Crippen LogP contribution in [0.2, 0.25) is 0 Å². The van der Waals surface area contributed by atoms with E-state index in [1.165, 1.54) is 5.56 Å². The van der Waals surface area contributed by atoms with Crippen LogP contribution in [0.5, 0.6) is 0 Å². The summed E-state index contributed by atoms with van der Waals surface area (Å²) in [4.78, 5) is 17.4. The fraction of sp³-hybridized carbons (Fsp3) is 0.632. The van der Waals surface area contributed by atoms with Crippen LogP contribution in [0.15, 0.2) is 30.3 Å². The maximum atomic E-state index is 13.0. The predicted molar refractivity (Wildman–Crippen MR) is 94.7 cm³/mol. The standard InChI is InChI=1S/C19H29N3O2/c1-2-10-22(17-8-9-20-13-17)19(23)18-15-21(11-12-24-18)14-16-6-4-3-5-7-16/h3-7,17-18,20H,2,8-15H2,1H3. The van der Waals surface area contributed by atoms with Gasteiger partial charge in [0, 0.05) is 38.8 Å². The SMILES string of the molecule is CCCN(C(=O)C1CN(Cc2ccccc2)CCO1)C1CCNC1. The van der Waals surface area contributed by atoms with Gasteiger partial charge in [0.15, 0.2) is 0 Å². The number of hydrogen-bond donors (Lipinski definition) is 1. The lowest BCUT2D eigenvalue weighted by Crippen LogP contribution is -2.53. The third-order valence-corrected chi connectivity index (χ3v) is 4.90. The fourth-order valence-electron chi connectivity index (χ4n) is 3.64. The number of rotatable bonds is 6. The summed E-state index contributed by atoms with van der Waals surface area (Å²) in [5, 5.41) is 3.37. The second kappa shape index (κ2) is 8.60. The van der Waals surface area contributed by atoms with E-state index in [4.69, 9.17) is 4.74 Å². The molecule has 2 saturated heterocycles. The molecule has 5 heteroatoms. The zero-order valence-corrected chi connectivity index (χ0v) is 14.6. The van der Waals surface area contributed by atoms with E-state index in [9.17, 15) is 4.79 Å². The van der Waals surface area contributed by atoms with E-state index in [0.717, 1.165) is 45.6 Å². The van der Waals surface area contributed by atoms with Gasteiger partial charge in [-0.3, -0.25) is 9.69 Å². The number of carbonyl (C=O) groups is 1. The van der Waals surface area contributed by atoms with Gasteiger partial charge in [0.2, 0.25) is 0 Å². The van der Waals surface area contributed by atoms with Crippen LogP contribution in [-0.4, -0.2) is 67.2 Å². The number of nitrogens with one attached hydrogen (secondary N) is 1. The van der Waals surface area contributed by atoms with Crippen molar-refractivity contribution in [3.05, 3.63) is 35.9 Å². The Morgan fingerprint density at radius 1 is 1.38 bits per heavy atom. The first kappa shape index (κ1) is 17.4. The minimum atomic E-state index is -0.324. The first-order valence-corrected chi connectivity index (χ1v) is 9.17. The van der Waals surface area contributed by atoms with E-state index in [1.54, 1.807) is 0 Å². The van der Waals surface area contributed by atoms with Crippen LogP contribution in [0, 0.1) is 0 Å². The molecule has 0 bridgehead atoms. The summed E-state index contributed by atoms with van der Waals surface area (Å²) in [6, 6.07) is 10.8. The van der Waals surface area contributed by atoms with E-state index >= 15 is 0 Å². The van der Waals surface area contributed by atoms with Gasteiger partial charge in [-0.1, -0.05) is 37.3 Å². The number of hydrogen-bond acceptors (Lipinski definition) is 4. The molecule has 5 nitrogen and oxygen atoms in total. The molecule has 0 aromatic heterocycles. The quantitative estimate of drug-likeness (QED) is 0.858. The molecule has 1 amide bonds. The van der Waals surface area contributed by atoms with Crippen molar-refractivity contribution >= 4 is 5.91 Å². The average Bonchev–Trinajstić information content (AvgIpc) is 3.14. The largest absolute Gasteiger partial charge is 0.366 e. The van der Waals surface area contributed by atoms with E-state index in [-0.39, 0.29) is 12.0 Å². The molecule has 3 rings (SSSR count). The van der Waals surface area contributed by atoms with E-state index in [2.05, 4.69) is 46.3 Å². The molecule has 24 heavy (non-hydrogen) atoms. The molecule has 2 aliphatic heterocycles. The molecule has 0 spiro atoms. The molecule has 2 atom stereocenters. The van der Waals surface area contributed by atoms with Crippen molar-refractivity contribution < 1.29 is 9.53 Å². The van der Waals surface area contributed by atoms with Crippen molar-refractivity contribution in [3.63, 3.8) is 0 Å². The maximum absolute atomic E-state index is 13.0. The Morgan fingerprint density at radius 2 is 2.21 bits per heavy atom. The highest BCUT2D eigenvalue weighted by Crippen LogP contribution is 2.16. The van der Waals surface area contributed by atoms with Gasteiger partial charge in [-0.25, -0.2) is 0 Å². The Bertz CT molecular complexity index is 517. The summed E-state index contributed by atoms with van der Waals surface area (Å²) in [6.07, 6.45) is 1.71. The molecule has 1 aromatic carbocycles. The summed E-state index contributed by atoms with van der Waals surface area (Å²) in [7, 11) is 0. The number of benzene rings is 1. The Hall–Kier alpha value is -1.43. The Balaban J connectivity index is 1.60. The Labute approximate surface area is 145 Å². The summed E-state index contributed by atoms with van der Waals surface area (Å²) in [5.74, 6) is 0.170. The summed E-state index contributed by atoms with van der Waals surface area (Å²) in [5.41, 5.74) is 1.29. The zero-order valence-electron chi connectivity index (χ0n) is 14.6. The van der Waals surface area contributed by atoms with E-state index < -0.39 is 0 Å². The normalized spacial score (nSPS) is 24.9.